The lowest BCUT2D eigenvalue weighted by Crippen LogP contribution is -2.19. The first-order valence-corrected chi connectivity index (χ1v) is 10.5. The van der Waals surface area contributed by atoms with Crippen LogP contribution in [0.5, 0.6) is 0 Å². The maximum Gasteiger partial charge on any atom is 0.307 e. The lowest BCUT2D eigenvalue weighted by atomic mass is 10.1. The van der Waals surface area contributed by atoms with Crippen LogP contribution in [-0.4, -0.2) is 53.1 Å². The molecule has 0 aliphatic rings. The fourth-order valence-electron chi connectivity index (χ4n) is 2.61. The standard InChI is InChI=1S/C16H17N5O6S2/c1-26-14(22)6-11(7-15(23)27-2)21-9-10(8-17-21)20-29(24,25)13-5-3-4-12-16(13)19-28-18-12/h3-5,8-9,11,20H,6-7H2,1-2H3. The Balaban J connectivity index is 1.85. The molecule has 2 aromatic heterocycles. The van der Waals surface area contributed by atoms with Crippen molar-refractivity contribution in [1.29, 1.82) is 0 Å². The first-order valence-electron chi connectivity index (χ1n) is 8.26. The monoisotopic (exact) mass is 439 g/mol. The fraction of sp³-hybridized carbons (Fsp3) is 0.312. The van der Waals surface area contributed by atoms with E-state index in [-0.39, 0.29) is 28.9 Å². The van der Waals surface area contributed by atoms with Crippen molar-refractivity contribution in [2.45, 2.75) is 23.8 Å². The second kappa shape index (κ2) is 8.53. The molecule has 2 heterocycles. The highest BCUT2D eigenvalue weighted by Gasteiger charge is 2.24. The van der Waals surface area contributed by atoms with E-state index in [1.165, 1.54) is 37.4 Å². The minimum absolute atomic E-state index is 0.0165. The Bertz CT molecular complexity index is 1120. The summed E-state index contributed by atoms with van der Waals surface area (Å²) in [6.07, 6.45) is 2.39. The van der Waals surface area contributed by atoms with Gasteiger partial charge in [0.2, 0.25) is 0 Å². The van der Waals surface area contributed by atoms with Gasteiger partial charge in [-0.25, -0.2) is 8.42 Å². The average molecular weight is 439 g/mol. The number of rotatable bonds is 8. The van der Waals surface area contributed by atoms with Crippen LogP contribution in [0.1, 0.15) is 18.9 Å². The number of sulfonamides is 1. The Labute approximate surface area is 170 Å². The summed E-state index contributed by atoms with van der Waals surface area (Å²) < 4.78 is 46.6. The normalized spacial score (nSPS) is 11.6. The summed E-state index contributed by atoms with van der Waals surface area (Å²) in [5.74, 6) is -1.08. The molecular formula is C16H17N5O6S2. The lowest BCUT2D eigenvalue weighted by molar-refractivity contribution is -0.144. The molecule has 1 N–H and O–H groups in total. The summed E-state index contributed by atoms with van der Waals surface area (Å²) in [6.45, 7) is 0. The first-order chi connectivity index (χ1) is 13.8. The Morgan fingerprint density at radius 1 is 1.17 bits per heavy atom. The molecule has 0 aliphatic carbocycles. The number of benzene rings is 1. The van der Waals surface area contributed by atoms with Crippen LogP contribution >= 0.6 is 11.7 Å². The van der Waals surface area contributed by atoms with Crippen molar-refractivity contribution in [3.05, 3.63) is 30.6 Å². The molecular weight excluding hydrogens is 422 g/mol. The quantitative estimate of drug-likeness (QED) is 0.515. The van der Waals surface area contributed by atoms with Crippen LogP contribution < -0.4 is 4.72 Å². The maximum atomic E-state index is 12.8. The molecule has 0 saturated carbocycles. The lowest BCUT2D eigenvalue weighted by Gasteiger charge is -2.15. The van der Waals surface area contributed by atoms with Gasteiger partial charge in [-0.3, -0.25) is 19.0 Å². The first kappa shape index (κ1) is 20.7. The number of carbonyl (C=O) groups excluding carboxylic acids is 2. The third-order valence-electron chi connectivity index (χ3n) is 4.03. The fourth-order valence-corrected chi connectivity index (χ4v) is 4.41. The Morgan fingerprint density at radius 2 is 1.86 bits per heavy atom. The van der Waals surface area contributed by atoms with Crippen molar-refractivity contribution in [2.24, 2.45) is 0 Å². The van der Waals surface area contributed by atoms with E-state index in [1.54, 1.807) is 12.1 Å². The molecule has 13 heteroatoms. The largest absolute Gasteiger partial charge is 0.469 e. The van der Waals surface area contributed by atoms with E-state index in [9.17, 15) is 18.0 Å². The van der Waals surface area contributed by atoms with Gasteiger partial charge in [0.05, 0.1) is 56.7 Å². The molecule has 3 aromatic rings. The minimum atomic E-state index is -3.96. The number of fused-ring (bicyclic) bond motifs is 1. The van der Waals surface area contributed by atoms with Crippen LogP contribution in [0, 0.1) is 0 Å². The number of hydrogen-bond donors (Lipinski definition) is 1. The summed E-state index contributed by atoms with van der Waals surface area (Å²) >= 11 is 0.917. The van der Waals surface area contributed by atoms with Crippen molar-refractivity contribution in [3.8, 4) is 0 Å². The number of nitrogens with one attached hydrogen (secondary N) is 1. The minimum Gasteiger partial charge on any atom is -0.469 e. The number of carbonyl (C=O) groups is 2. The van der Waals surface area contributed by atoms with E-state index >= 15 is 0 Å². The summed E-state index contributed by atoms with van der Waals surface area (Å²) in [7, 11) is -1.50. The zero-order valence-electron chi connectivity index (χ0n) is 15.4. The molecule has 3 rings (SSSR count). The molecule has 0 saturated heterocycles. The maximum absolute atomic E-state index is 12.8. The summed E-state index contributed by atoms with van der Waals surface area (Å²) in [5, 5.41) is 4.07. The van der Waals surface area contributed by atoms with Gasteiger partial charge in [-0.15, -0.1) is 0 Å². The number of hydrogen-bond acceptors (Lipinski definition) is 10. The predicted molar refractivity (Wildman–Crippen MR) is 103 cm³/mol. The summed E-state index contributed by atoms with van der Waals surface area (Å²) in [5.41, 5.74) is 0.904. The van der Waals surface area contributed by atoms with Crippen molar-refractivity contribution in [1.82, 2.24) is 18.5 Å². The van der Waals surface area contributed by atoms with Gasteiger partial charge >= 0.3 is 11.9 Å². The van der Waals surface area contributed by atoms with E-state index in [0.29, 0.717) is 5.52 Å². The average Bonchev–Trinajstić information content (AvgIpc) is 3.35. The third kappa shape index (κ3) is 4.68. The van der Waals surface area contributed by atoms with Gasteiger partial charge in [0.15, 0.2) is 0 Å². The molecule has 154 valence electrons. The van der Waals surface area contributed by atoms with E-state index < -0.39 is 28.0 Å². The van der Waals surface area contributed by atoms with Gasteiger partial charge in [-0.1, -0.05) is 6.07 Å². The van der Waals surface area contributed by atoms with Crippen LogP contribution in [0.3, 0.4) is 0 Å². The van der Waals surface area contributed by atoms with Crippen LogP contribution in [0.25, 0.3) is 11.0 Å². The molecule has 11 nitrogen and oxygen atoms in total. The van der Waals surface area contributed by atoms with Gasteiger partial charge in [0, 0.05) is 6.20 Å². The van der Waals surface area contributed by atoms with Crippen LogP contribution in [0.15, 0.2) is 35.5 Å². The zero-order chi connectivity index (χ0) is 21.0. The van der Waals surface area contributed by atoms with Crippen molar-refractivity contribution >= 4 is 50.4 Å². The molecule has 0 atom stereocenters. The number of aromatic nitrogens is 4. The smallest absolute Gasteiger partial charge is 0.307 e. The van der Waals surface area contributed by atoms with E-state index in [1.807, 2.05) is 0 Å². The van der Waals surface area contributed by atoms with E-state index in [0.717, 1.165) is 11.7 Å². The summed E-state index contributed by atoms with van der Waals surface area (Å²) in [6, 6.07) is 3.97. The van der Waals surface area contributed by atoms with Crippen molar-refractivity contribution < 1.29 is 27.5 Å². The van der Waals surface area contributed by atoms with Crippen LogP contribution in [0.4, 0.5) is 5.69 Å². The molecule has 1 aromatic carbocycles. The predicted octanol–water partition coefficient (Wildman–Crippen LogP) is 1.36. The highest BCUT2D eigenvalue weighted by molar-refractivity contribution is 7.93. The number of ether oxygens (including phenoxy) is 2. The topological polar surface area (TPSA) is 142 Å². The molecule has 0 unspecified atom stereocenters. The highest BCUT2D eigenvalue weighted by atomic mass is 32.2. The van der Waals surface area contributed by atoms with Crippen molar-refractivity contribution in [3.63, 3.8) is 0 Å². The number of anilines is 1. The second-order valence-electron chi connectivity index (χ2n) is 5.92. The Hall–Kier alpha value is -3.06. The third-order valence-corrected chi connectivity index (χ3v) is 5.98. The number of nitrogens with zero attached hydrogens (tertiary/aromatic N) is 4. The Kier molecular flexibility index (Phi) is 6.08. The zero-order valence-corrected chi connectivity index (χ0v) is 17.1. The van der Waals surface area contributed by atoms with Gasteiger partial charge in [0.25, 0.3) is 10.0 Å². The second-order valence-corrected chi connectivity index (χ2v) is 8.10. The van der Waals surface area contributed by atoms with Crippen LogP contribution in [-0.2, 0) is 29.1 Å². The van der Waals surface area contributed by atoms with Gasteiger partial charge in [-0.2, -0.15) is 13.8 Å². The Morgan fingerprint density at radius 3 is 2.52 bits per heavy atom. The highest BCUT2D eigenvalue weighted by Crippen LogP contribution is 2.25. The van der Waals surface area contributed by atoms with E-state index in [4.69, 9.17) is 0 Å². The molecule has 0 bridgehead atoms. The van der Waals surface area contributed by atoms with Crippen molar-refractivity contribution in [2.75, 3.05) is 18.9 Å². The molecule has 0 radical (unpaired) electrons. The van der Waals surface area contributed by atoms with E-state index in [2.05, 4.69) is 28.0 Å². The van der Waals surface area contributed by atoms with Crippen LogP contribution in [0.2, 0.25) is 0 Å². The van der Waals surface area contributed by atoms with Gasteiger partial charge < -0.3 is 9.47 Å². The molecule has 29 heavy (non-hydrogen) atoms. The molecule has 0 aliphatic heterocycles. The molecule has 0 fully saturated rings. The van der Waals surface area contributed by atoms with Gasteiger partial charge in [0.1, 0.15) is 15.9 Å². The number of esters is 2. The summed E-state index contributed by atoms with van der Waals surface area (Å²) in [4.78, 5) is 23.3. The number of methoxy groups -OCH3 is 2. The molecule has 0 amide bonds. The SMILES string of the molecule is COC(=O)CC(CC(=O)OC)n1cc(NS(=O)(=O)c2cccc3nsnc23)cn1. The van der Waals surface area contributed by atoms with Gasteiger partial charge in [-0.05, 0) is 12.1 Å². The molecule has 0 spiro atoms.